The largest absolute Gasteiger partial charge is 0.330 e. The van der Waals surface area contributed by atoms with Gasteiger partial charge in [0.25, 0.3) is 0 Å². The second-order valence-electron chi connectivity index (χ2n) is 4.53. The van der Waals surface area contributed by atoms with Crippen LogP contribution < -0.4 is 5.73 Å². The molecule has 15 heavy (non-hydrogen) atoms. The third kappa shape index (κ3) is 2.19. The van der Waals surface area contributed by atoms with Gasteiger partial charge in [0.05, 0.1) is 0 Å². The Bertz CT molecular complexity index is 312. The first-order valence-electron chi connectivity index (χ1n) is 5.73. The van der Waals surface area contributed by atoms with Gasteiger partial charge in [0.1, 0.15) is 0 Å². The lowest BCUT2D eigenvalue weighted by Crippen LogP contribution is -2.25. The SMILES string of the molecule is NCCC1(c2ccc(Cl)cc2)CCCC1. The number of benzene rings is 1. The lowest BCUT2D eigenvalue weighted by Gasteiger charge is -2.29. The standard InChI is InChI=1S/C13H18ClN/c14-12-5-3-11(4-6-12)13(9-10-15)7-1-2-8-13/h3-6H,1-2,7-10,15H2. The Morgan fingerprint density at radius 3 is 2.27 bits per heavy atom. The summed E-state index contributed by atoms with van der Waals surface area (Å²) >= 11 is 5.92. The number of halogens is 1. The third-order valence-electron chi connectivity index (χ3n) is 3.64. The molecule has 0 aliphatic heterocycles. The van der Waals surface area contributed by atoms with E-state index in [4.69, 9.17) is 17.3 Å². The van der Waals surface area contributed by atoms with Crippen molar-refractivity contribution in [2.75, 3.05) is 6.54 Å². The molecular weight excluding hydrogens is 206 g/mol. The van der Waals surface area contributed by atoms with Crippen molar-refractivity contribution in [3.05, 3.63) is 34.9 Å². The summed E-state index contributed by atoms with van der Waals surface area (Å²) in [5.74, 6) is 0. The van der Waals surface area contributed by atoms with Crippen molar-refractivity contribution in [3.63, 3.8) is 0 Å². The van der Waals surface area contributed by atoms with Gasteiger partial charge < -0.3 is 5.73 Å². The fraction of sp³-hybridized carbons (Fsp3) is 0.538. The van der Waals surface area contributed by atoms with Crippen LogP contribution in [0.1, 0.15) is 37.7 Å². The number of hydrogen-bond acceptors (Lipinski definition) is 1. The summed E-state index contributed by atoms with van der Waals surface area (Å²) < 4.78 is 0. The molecule has 2 N–H and O–H groups in total. The quantitative estimate of drug-likeness (QED) is 0.834. The molecule has 0 radical (unpaired) electrons. The van der Waals surface area contributed by atoms with E-state index in [1.54, 1.807) is 0 Å². The lowest BCUT2D eigenvalue weighted by atomic mass is 9.76. The van der Waals surface area contributed by atoms with E-state index >= 15 is 0 Å². The Hall–Kier alpha value is -0.530. The first-order chi connectivity index (χ1) is 7.27. The van der Waals surface area contributed by atoms with Crippen LogP contribution in [0.15, 0.2) is 24.3 Å². The van der Waals surface area contributed by atoms with E-state index < -0.39 is 0 Å². The molecule has 0 amide bonds. The Morgan fingerprint density at radius 1 is 1.13 bits per heavy atom. The zero-order chi connectivity index (χ0) is 10.7. The Morgan fingerprint density at radius 2 is 1.73 bits per heavy atom. The van der Waals surface area contributed by atoms with E-state index in [-0.39, 0.29) is 0 Å². The van der Waals surface area contributed by atoms with Gasteiger partial charge in [0.2, 0.25) is 0 Å². The van der Waals surface area contributed by atoms with Crippen LogP contribution in [0.5, 0.6) is 0 Å². The molecule has 0 spiro atoms. The summed E-state index contributed by atoms with van der Waals surface area (Å²) in [4.78, 5) is 0. The smallest absolute Gasteiger partial charge is 0.0406 e. The van der Waals surface area contributed by atoms with Gasteiger partial charge in [-0.15, -0.1) is 0 Å². The molecule has 1 fully saturated rings. The molecule has 2 rings (SSSR count). The lowest BCUT2D eigenvalue weighted by molar-refractivity contribution is 0.412. The van der Waals surface area contributed by atoms with Crippen LogP contribution in [0.4, 0.5) is 0 Å². The molecule has 1 aromatic rings. The highest BCUT2D eigenvalue weighted by Crippen LogP contribution is 2.43. The van der Waals surface area contributed by atoms with Crippen molar-refractivity contribution in [1.29, 1.82) is 0 Å². The van der Waals surface area contributed by atoms with E-state index in [1.807, 2.05) is 12.1 Å². The summed E-state index contributed by atoms with van der Waals surface area (Å²) in [5, 5.41) is 0.819. The molecule has 0 saturated heterocycles. The monoisotopic (exact) mass is 223 g/mol. The van der Waals surface area contributed by atoms with Gasteiger partial charge in [0.15, 0.2) is 0 Å². The minimum atomic E-state index is 0.347. The maximum absolute atomic E-state index is 5.92. The van der Waals surface area contributed by atoms with E-state index in [9.17, 15) is 0 Å². The summed E-state index contributed by atoms with van der Waals surface area (Å²) in [6.45, 7) is 0.780. The van der Waals surface area contributed by atoms with Crippen molar-refractivity contribution in [3.8, 4) is 0 Å². The average Bonchev–Trinajstić information content (AvgIpc) is 2.69. The van der Waals surface area contributed by atoms with Crippen molar-refractivity contribution in [1.82, 2.24) is 0 Å². The minimum Gasteiger partial charge on any atom is -0.330 e. The van der Waals surface area contributed by atoms with E-state index in [2.05, 4.69) is 12.1 Å². The molecule has 1 nitrogen and oxygen atoms in total. The molecule has 82 valence electrons. The highest BCUT2D eigenvalue weighted by atomic mass is 35.5. The topological polar surface area (TPSA) is 26.0 Å². The fourth-order valence-corrected chi connectivity index (χ4v) is 2.94. The van der Waals surface area contributed by atoms with Crippen LogP contribution in [0.3, 0.4) is 0 Å². The van der Waals surface area contributed by atoms with E-state index in [0.29, 0.717) is 5.41 Å². The van der Waals surface area contributed by atoms with Crippen molar-refractivity contribution in [2.45, 2.75) is 37.5 Å². The minimum absolute atomic E-state index is 0.347. The maximum Gasteiger partial charge on any atom is 0.0406 e. The molecule has 0 aromatic heterocycles. The van der Waals surface area contributed by atoms with Crippen molar-refractivity contribution >= 4 is 11.6 Å². The second kappa shape index (κ2) is 4.54. The van der Waals surface area contributed by atoms with Gasteiger partial charge in [0, 0.05) is 5.02 Å². The Balaban J connectivity index is 2.28. The van der Waals surface area contributed by atoms with E-state index in [1.165, 1.54) is 31.2 Å². The highest BCUT2D eigenvalue weighted by Gasteiger charge is 2.34. The predicted molar refractivity (Wildman–Crippen MR) is 65.3 cm³/mol. The summed E-state index contributed by atoms with van der Waals surface area (Å²) in [6.07, 6.45) is 6.34. The first kappa shape index (κ1) is 11.0. The summed E-state index contributed by atoms with van der Waals surface area (Å²) in [6, 6.07) is 8.33. The molecule has 1 saturated carbocycles. The van der Waals surface area contributed by atoms with Crippen LogP contribution in [-0.2, 0) is 5.41 Å². The molecule has 1 aromatic carbocycles. The number of nitrogens with two attached hydrogens (primary N) is 1. The molecule has 1 aliphatic rings. The third-order valence-corrected chi connectivity index (χ3v) is 3.89. The second-order valence-corrected chi connectivity index (χ2v) is 4.97. The first-order valence-corrected chi connectivity index (χ1v) is 6.11. The highest BCUT2D eigenvalue weighted by molar-refractivity contribution is 6.30. The predicted octanol–water partition coefficient (Wildman–Crippen LogP) is 3.50. The van der Waals surface area contributed by atoms with Gasteiger partial charge in [-0.1, -0.05) is 36.6 Å². The van der Waals surface area contributed by atoms with Crippen molar-refractivity contribution in [2.24, 2.45) is 5.73 Å². The van der Waals surface area contributed by atoms with Crippen LogP contribution >= 0.6 is 11.6 Å². The van der Waals surface area contributed by atoms with Gasteiger partial charge in [-0.05, 0) is 48.9 Å². The molecule has 1 aliphatic carbocycles. The van der Waals surface area contributed by atoms with Crippen LogP contribution in [0.25, 0.3) is 0 Å². The molecule has 0 atom stereocenters. The van der Waals surface area contributed by atoms with Crippen LogP contribution in [-0.4, -0.2) is 6.54 Å². The molecular formula is C13H18ClN. The Kier molecular flexibility index (Phi) is 3.32. The van der Waals surface area contributed by atoms with Crippen LogP contribution in [0.2, 0.25) is 5.02 Å². The van der Waals surface area contributed by atoms with Crippen molar-refractivity contribution < 1.29 is 0 Å². The zero-order valence-corrected chi connectivity index (χ0v) is 9.76. The number of rotatable bonds is 3. The molecule has 2 heteroatoms. The zero-order valence-electron chi connectivity index (χ0n) is 9.01. The molecule has 0 bridgehead atoms. The summed E-state index contributed by atoms with van der Waals surface area (Å²) in [7, 11) is 0. The van der Waals surface area contributed by atoms with Gasteiger partial charge in [-0.3, -0.25) is 0 Å². The van der Waals surface area contributed by atoms with Gasteiger partial charge in [-0.2, -0.15) is 0 Å². The fourth-order valence-electron chi connectivity index (χ4n) is 2.81. The van der Waals surface area contributed by atoms with Crippen LogP contribution in [0, 0.1) is 0 Å². The molecule has 0 unspecified atom stereocenters. The van der Waals surface area contributed by atoms with Gasteiger partial charge >= 0.3 is 0 Å². The maximum atomic E-state index is 5.92. The average molecular weight is 224 g/mol. The Labute approximate surface area is 96.6 Å². The normalized spacial score (nSPS) is 19.3. The van der Waals surface area contributed by atoms with Gasteiger partial charge in [-0.25, -0.2) is 0 Å². The summed E-state index contributed by atoms with van der Waals surface area (Å²) in [5.41, 5.74) is 7.51. The number of hydrogen-bond donors (Lipinski definition) is 1. The molecule has 0 heterocycles. The van der Waals surface area contributed by atoms with E-state index in [0.717, 1.165) is 18.0 Å².